The predicted molar refractivity (Wildman–Crippen MR) is 105 cm³/mol. The van der Waals surface area contributed by atoms with Crippen molar-refractivity contribution in [2.24, 2.45) is 0 Å². The Labute approximate surface area is 159 Å². The number of aromatic nitrogens is 1. The fraction of sp³-hybridized carbons (Fsp3) is 0. The van der Waals surface area contributed by atoms with Gasteiger partial charge in [0.2, 0.25) is 0 Å². The molecule has 136 valence electrons. The third-order valence-corrected chi connectivity index (χ3v) is 6.25. The molecular formula is C19H14N2O4S2. The number of H-pyrrole nitrogens is 1. The molecule has 0 spiro atoms. The quantitative estimate of drug-likeness (QED) is 0.529. The Kier molecular flexibility index (Phi) is 4.51. The molecule has 0 bridgehead atoms. The van der Waals surface area contributed by atoms with Crippen LogP contribution in [0.3, 0.4) is 0 Å². The molecule has 0 unspecified atom stereocenters. The van der Waals surface area contributed by atoms with Crippen LogP contribution in [0.25, 0.3) is 11.1 Å². The van der Waals surface area contributed by atoms with E-state index in [9.17, 15) is 13.2 Å². The highest BCUT2D eigenvalue weighted by molar-refractivity contribution is 7.99. The van der Waals surface area contributed by atoms with E-state index in [1.807, 2.05) is 42.5 Å². The molecule has 27 heavy (non-hydrogen) atoms. The molecular weight excluding hydrogens is 384 g/mol. The Hall–Kier alpha value is -2.97. The lowest BCUT2D eigenvalue weighted by Crippen LogP contribution is -2.13. The van der Waals surface area contributed by atoms with E-state index in [0.717, 1.165) is 9.79 Å². The maximum Gasteiger partial charge on any atom is 0.417 e. The summed E-state index contributed by atoms with van der Waals surface area (Å²) in [5.41, 5.74) is 1.11. The van der Waals surface area contributed by atoms with Crippen molar-refractivity contribution in [2.45, 2.75) is 14.7 Å². The monoisotopic (exact) mass is 398 g/mol. The van der Waals surface area contributed by atoms with E-state index < -0.39 is 15.8 Å². The number of sulfonamides is 1. The first-order chi connectivity index (χ1) is 13.0. The van der Waals surface area contributed by atoms with Crippen LogP contribution in [-0.2, 0) is 10.0 Å². The zero-order chi connectivity index (χ0) is 18.9. The summed E-state index contributed by atoms with van der Waals surface area (Å²) < 4.78 is 33.2. The van der Waals surface area contributed by atoms with Crippen LogP contribution in [0.1, 0.15) is 0 Å². The number of hydrogen-bond donors (Lipinski definition) is 2. The van der Waals surface area contributed by atoms with Crippen molar-refractivity contribution in [2.75, 3.05) is 4.72 Å². The van der Waals surface area contributed by atoms with E-state index in [-0.39, 0.29) is 10.5 Å². The second-order valence-corrected chi connectivity index (χ2v) is 8.49. The summed E-state index contributed by atoms with van der Waals surface area (Å²) in [5, 5.41) is 0. The molecule has 0 atom stereocenters. The minimum atomic E-state index is -3.85. The molecule has 1 aromatic heterocycles. The first-order valence-electron chi connectivity index (χ1n) is 7.99. The number of rotatable bonds is 5. The second-order valence-electron chi connectivity index (χ2n) is 5.69. The molecule has 0 aliphatic rings. The summed E-state index contributed by atoms with van der Waals surface area (Å²) in [7, 11) is -3.85. The SMILES string of the molecule is O=c1[nH]c2ccc(S(=O)(=O)Nc3ccccc3Sc3ccccc3)cc2o1. The van der Waals surface area contributed by atoms with E-state index in [0.29, 0.717) is 11.2 Å². The molecule has 4 aromatic rings. The van der Waals surface area contributed by atoms with Crippen molar-refractivity contribution in [1.29, 1.82) is 0 Å². The number of fused-ring (bicyclic) bond motifs is 1. The van der Waals surface area contributed by atoms with Gasteiger partial charge in [0, 0.05) is 15.9 Å². The summed E-state index contributed by atoms with van der Waals surface area (Å²) in [4.78, 5) is 15.5. The van der Waals surface area contributed by atoms with Crippen molar-refractivity contribution in [3.05, 3.63) is 83.3 Å². The first kappa shape index (κ1) is 17.4. The predicted octanol–water partition coefficient (Wildman–Crippen LogP) is 4.07. The van der Waals surface area contributed by atoms with Gasteiger partial charge in [-0.1, -0.05) is 42.1 Å². The lowest BCUT2D eigenvalue weighted by Gasteiger charge is -2.12. The zero-order valence-electron chi connectivity index (χ0n) is 13.9. The lowest BCUT2D eigenvalue weighted by molar-refractivity contribution is 0.554. The van der Waals surface area contributed by atoms with Crippen LogP contribution in [0.2, 0.25) is 0 Å². The third kappa shape index (κ3) is 3.76. The molecule has 3 aromatic carbocycles. The van der Waals surface area contributed by atoms with Gasteiger partial charge in [-0.3, -0.25) is 9.71 Å². The van der Waals surface area contributed by atoms with Crippen LogP contribution in [0.15, 0.2) is 96.7 Å². The molecule has 6 nitrogen and oxygen atoms in total. The van der Waals surface area contributed by atoms with Crippen molar-refractivity contribution in [3.8, 4) is 0 Å². The summed E-state index contributed by atoms with van der Waals surface area (Å²) in [5.74, 6) is -0.628. The highest BCUT2D eigenvalue weighted by Gasteiger charge is 2.18. The zero-order valence-corrected chi connectivity index (χ0v) is 15.5. The molecule has 0 radical (unpaired) electrons. The van der Waals surface area contributed by atoms with Gasteiger partial charge in [0.25, 0.3) is 10.0 Å². The van der Waals surface area contributed by atoms with Gasteiger partial charge in [0.15, 0.2) is 5.58 Å². The maximum absolute atomic E-state index is 12.8. The van der Waals surface area contributed by atoms with Crippen LogP contribution < -0.4 is 10.5 Å². The molecule has 0 amide bonds. The molecule has 0 fully saturated rings. The van der Waals surface area contributed by atoms with Gasteiger partial charge in [0.1, 0.15) is 0 Å². The van der Waals surface area contributed by atoms with Gasteiger partial charge in [-0.25, -0.2) is 13.2 Å². The number of anilines is 1. The summed E-state index contributed by atoms with van der Waals surface area (Å²) in [6.45, 7) is 0. The Morgan fingerprint density at radius 2 is 1.67 bits per heavy atom. The number of aromatic amines is 1. The fourth-order valence-corrected chi connectivity index (χ4v) is 4.63. The molecule has 8 heteroatoms. The van der Waals surface area contributed by atoms with Crippen molar-refractivity contribution >= 4 is 38.6 Å². The van der Waals surface area contributed by atoms with E-state index in [4.69, 9.17) is 4.42 Å². The van der Waals surface area contributed by atoms with E-state index in [1.165, 1.54) is 30.0 Å². The lowest BCUT2D eigenvalue weighted by atomic mass is 10.3. The van der Waals surface area contributed by atoms with Gasteiger partial charge in [-0.2, -0.15) is 0 Å². The van der Waals surface area contributed by atoms with E-state index >= 15 is 0 Å². The van der Waals surface area contributed by atoms with Crippen LogP contribution in [0.4, 0.5) is 5.69 Å². The summed E-state index contributed by atoms with van der Waals surface area (Å²) >= 11 is 1.46. The fourth-order valence-electron chi connectivity index (χ4n) is 2.55. The molecule has 0 saturated carbocycles. The minimum Gasteiger partial charge on any atom is -0.408 e. The normalized spacial score (nSPS) is 11.6. The Morgan fingerprint density at radius 3 is 2.48 bits per heavy atom. The minimum absolute atomic E-state index is 0.0114. The first-order valence-corrected chi connectivity index (χ1v) is 10.3. The standard InChI is InChI=1S/C19H14N2O4S2/c22-19-20-15-11-10-14(12-17(15)25-19)27(23,24)21-16-8-4-5-9-18(16)26-13-6-2-1-3-7-13/h1-12,21H,(H,20,22). The molecule has 1 heterocycles. The Morgan fingerprint density at radius 1 is 0.926 bits per heavy atom. The second kappa shape index (κ2) is 6.98. The van der Waals surface area contributed by atoms with Crippen LogP contribution in [0, 0.1) is 0 Å². The Balaban J connectivity index is 1.67. The van der Waals surface area contributed by atoms with Gasteiger partial charge in [-0.05, 0) is 36.4 Å². The number of oxazole rings is 1. The number of nitrogens with one attached hydrogen (secondary N) is 2. The molecule has 4 rings (SSSR count). The summed E-state index contributed by atoms with van der Waals surface area (Å²) in [6, 6.07) is 21.1. The Bertz CT molecular complexity index is 1260. The topological polar surface area (TPSA) is 92.2 Å². The van der Waals surface area contributed by atoms with E-state index in [1.54, 1.807) is 12.1 Å². The van der Waals surface area contributed by atoms with Crippen molar-refractivity contribution in [3.63, 3.8) is 0 Å². The number of benzene rings is 3. The average molecular weight is 398 g/mol. The summed E-state index contributed by atoms with van der Waals surface area (Å²) in [6.07, 6.45) is 0. The molecule has 2 N–H and O–H groups in total. The van der Waals surface area contributed by atoms with E-state index in [2.05, 4.69) is 9.71 Å². The van der Waals surface area contributed by atoms with Crippen LogP contribution in [-0.4, -0.2) is 13.4 Å². The van der Waals surface area contributed by atoms with Crippen molar-refractivity contribution < 1.29 is 12.8 Å². The number of hydrogen-bond acceptors (Lipinski definition) is 5. The van der Waals surface area contributed by atoms with Crippen LogP contribution >= 0.6 is 11.8 Å². The van der Waals surface area contributed by atoms with Gasteiger partial charge < -0.3 is 4.42 Å². The van der Waals surface area contributed by atoms with Crippen LogP contribution in [0.5, 0.6) is 0 Å². The van der Waals surface area contributed by atoms with Gasteiger partial charge >= 0.3 is 5.76 Å². The highest BCUT2D eigenvalue weighted by atomic mass is 32.2. The third-order valence-electron chi connectivity index (χ3n) is 3.81. The maximum atomic E-state index is 12.8. The number of para-hydroxylation sites is 1. The van der Waals surface area contributed by atoms with Crippen molar-refractivity contribution in [1.82, 2.24) is 4.98 Å². The smallest absolute Gasteiger partial charge is 0.408 e. The van der Waals surface area contributed by atoms with Gasteiger partial charge in [0.05, 0.1) is 16.1 Å². The van der Waals surface area contributed by atoms with Gasteiger partial charge in [-0.15, -0.1) is 0 Å². The molecule has 0 aliphatic carbocycles. The molecule has 0 aliphatic heterocycles. The largest absolute Gasteiger partial charge is 0.417 e. The average Bonchev–Trinajstić information content (AvgIpc) is 3.03. The molecule has 0 saturated heterocycles. The highest BCUT2D eigenvalue weighted by Crippen LogP contribution is 2.34.